The molecule has 1 amide bonds. The molecule has 2 atom stereocenters. The summed E-state index contributed by atoms with van der Waals surface area (Å²) in [6.07, 6.45) is 7.18. The van der Waals surface area contributed by atoms with Gasteiger partial charge in [-0.05, 0) is 44.4 Å². The molecule has 3 aliphatic rings. The van der Waals surface area contributed by atoms with Crippen LogP contribution in [0.4, 0.5) is 0 Å². The van der Waals surface area contributed by atoms with Gasteiger partial charge in [-0.3, -0.25) is 4.79 Å². The maximum Gasteiger partial charge on any atom is 0.226 e. The highest BCUT2D eigenvalue weighted by atomic mass is 16.2. The molecule has 0 aromatic heterocycles. The number of nitrogens with one attached hydrogen (secondary N) is 1. The largest absolute Gasteiger partial charge is 0.334 e. The Hall–Kier alpha value is -0.570. The van der Waals surface area contributed by atoms with Crippen molar-refractivity contribution in [1.82, 2.24) is 10.2 Å². The fourth-order valence-corrected chi connectivity index (χ4v) is 3.86. The number of nitrogens with zero attached hydrogens (tertiary/aromatic N) is 1. The number of carbonyl (C=O) groups is 1. The van der Waals surface area contributed by atoms with Crippen molar-refractivity contribution in [1.29, 1.82) is 0 Å². The predicted octanol–water partition coefficient (Wildman–Crippen LogP) is 1.78. The molecule has 0 aromatic rings. The minimum atomic E-state index is 0.340. The lowest BCUT2D eigenvalue weighted by Gasteiger charge is -2.39. The average Bonchev–Trinajstić information content (AvgIpc) is 2.59. The van der Waals surface area contributed by atoms with Gasteiger partial charge in [-0.25, -0.2) is 0 Å². The Morgan fingerprint density at radius 1 is 1.00 bits per heavy atom. The van der Waals surface area contributed by atoms with E-state index in [-0.39, 0.29) is 0 Å². The second kappa shape index (κ2) is 4.60. The highest BCUT2D eigenvalue weighted by Gasteiger charge is 2.41. The number of piperazine rings is 1. The molecule has 3 fully saturated rings. The summed E-state index contributed by atoms with van der Waals surface area (Å²) >= 11 is 0. The van der Waals surface area contributed by atoms with E-state index in [2.05, 4.69) is 17.1 Å². The molecule has 0 unspecified atom stereocenters. The Labute approximate surface area is 104 Å². The molecule has 0 radical (unpaired) electrons. The summed E-state index contributed by atoms with van der Waals surface area (Å²) in [5.41, 5.74) is 0. The molecule has 2 saturated heterocycles. The van der Waals surface area contributed by atoms with Crippen LogP contribution in [0.3, 0.4) is 0 Å². The van der Waals surface area contributed by atoms with Crippen molar-refractivity contribution >= 4 is 5.91 Å². The molecule has 2 heterocycles. The maximum atomic E-state index is 12.6. The van der Waals surface area contributed by atoms with Gasteiger partial charge in [0.25, 0.3) is 0 Å². The van der Waals surface area contributed by atoms with Gasteiger partial charge < -0.3 is 10.2 Å². The first-order valence-corrected chi connectivity index (χ1v) is 7.28. The zero-order valence-corrected chi connectivity index (χ0v) is 10.8. The van der Waals surface area contributed by atoms with E-state index >= 15 is 0 Å². The highest BCUT2D eigenvalue weighted by molar-refractivity contribution is 5.80. The van der Waals surface area contributed by atoms with Crippen LogP contribution in [0.1, 0.15) is 45.4 Å². The van der Waals surface area contributed by atoms with E-state index in [1.54, 1.807) is 0 Å². The van der Waals surface area contributed by atoms with Crippen LogP contribution in [-0.2, 0) is 4.79 Å². The quantitative estimate of drug-likeness (QED) is 0.752. The van der Waals surface area contributed by atoms with Crippen molar-refractivity contribution in [3.63, 3.8) is 0 Å². The lowest BCUT2D eigenvalue weighted by Crippen LogP contribution is -2.55. The Balaban J connectivity index is 1.66. The van der Waals surface area contributed by atoms with Gasteiger partial charge in [0.2, 0.25) is 5.91 Å². The lowest BCUT2D eigenvalue weighted by molar-refractivity contribution is -0.140. The topological polar surface area (TPSA) is 32.3 Å². The van der Waals surface area contributed by atoms with Gasteiger partial charge in [0.15, 0.2) is 0 Å². The van der Waals surface area contributed by atoms with E-state index in [9.17, 15) is 4.79 Å². The number of hydrogen-bond donors (Lipinski definition) is 1. The van der Waals surface area contributed by atoms with Gasteiger partial charge in [-0.2, -0.15) is 0 Å². The number of hydrogen-bond acceptors (Lipinski definition) is 2. The Morgan fingerprint density at radius 3 is 2.18 bits per heavy atom. The van der Waals surface area contributed by atoms with Gasteiger partial charge in [-0.15, -0.1) is 0 Å². The SMILES string of the molecule is C[C@H]1CC[C@@H](C(=O)N2[C@@H]3CC[C@H]2CNC3)CC1. The average molecular weight is 236 g/mol. The molecule has 1 N–H and O–H groups in total. The summed E-state index contributed by atoms with van der Waals surface area (Å²) in [6.45, 7) is 4.35. The molecular weight excluding hydrogens is 212 g/mol. The molecule has 3 nitrogen and oxygen atoms in total. The molecule has 3 heteroatoms. The molecule has 3 rings (SSSR count). The van der Waals surface area contributed by atoms with E-state index < -0.39 is 0 Å². The van der Waals surface area contributed by atoms with Crippen LogP contribution in [0, 0.1) is 11.8 Å². The number of carbonyl (C=O) groups excluding carboxylic acids is 1. The number of amides is 1. The van der Waals surface area contributed by atoms with Crippen LogP contribution in [0.15, 0.2) is 0 Å². The van der Waals surface area contributed by atoms with Crippen molar-refractivity contribution in [2.45, 2.75) is 57.5 Å². The van der Waals surface area contributed by atoms with Crippen LogP contribution in [0.2, 0.25) is 0 Å². The molecule has 1 saturated carbocycles. The second-order valence-electron chi connectivity index (χ2n) is 6.25. The smallest absolute Gasteiger partial charge is 0.226 e. The van der Waals surface area contributed by atoms with Crippen molar-refractivity contribution in [2.75, 3.05) is 13.1 Å². The standard InChI is InChI=1S/C14H24N2O/c1-10-2-4-11(5-3-10)14(17)16-12-6-7-13(16)9-15-8-12/h10-13,15H,2-9H2,1H3/t10-,11+,12-,13+. The first-order chi connectivity index (χ1) is 8.25. The molecule has 2 aliphatic heterocycles. The van der Waals surface area contributed by atoms with E-state index in [4.69, 9.17) is 0 Å². The maximum absolute atomic E-state index is 12.6. The summed E-state index contributed by atoms with van der Waals surface area (Å²) in [6, 6.07) is 1.00. The molecular formula is C14H24N2O. The first-order valence-electron chi connectivity index (χ1n) is 7.28. The molecule has 1 aliphatic carbocycles. The Bertz CT molecular complexity index is 281. The van der Waals surface area contributed by atoms with E-state index in [1.807, 2.05) is 0 Å². The zero-order chi connectivity index (χ0) is 11.8. The van der Waals surface area contributed by atoms with Crippen molar-refractivity contribution in [3.8, 4) is 0 Å². The molecule has 2 bridgehead atoms. The Kier molecular flexibility index (Phi) is 3.12. The summed E-state index contributed by atoms with van der Waals surface area (Å²) in [7, 11) is 0. The highest BCUT2D eigenvalue weighted by Crippen LogP contribution is 2.34. The third-order valence-corrected chi connectivity index (χ3v) is 5.00. The first kappa shape index (κ1) is 11.5. The Morgan fingerprint density at radius 2 is 1.59 bits per heavy atom. The molecule has 0 aromatic carbocycles. The second-order valence-corrected chi connectivity index (χ2v) is 6.25. The van der Waals surface area contributed by atoms with E-state index in [0.717, 1.165) is 31.8 Å². The van der Waals surface area contributed by atoms with Crippen molar-refractivity contribution < 1.29 is 4.79 Å². The predicted molar refractivity (Wildman–Crippen MR) is 67.6 cm³/mol. The van der Waals surface area contributed by atoms with Gasteiger partial charge in [0.1, 0.15) is 0 Å². The van der Waals surface area contributed by atoms with E-state index in [0.29, 0.717) is 23.9 Å². The third kappa shape index (κ3) is 2.10. The van der Waals surface area contributed by atoms with E-state index in [1.165, 1.54) is 25.7 Å². The fraction of sp³-hybridized carbons (Fsp3) is 0.929. The van der Waals surface area contributed by atoms with Gasteiger partial charge in [0, 0.05) is 31.1 Å². The number of rotatable bonds is 1. The monoisotopic (exact) mass is 236 g/mol. The summed E-state index contributed by atoms with van der Waals surface area (Å²) in [5, 5.41) is 3.45. The molecule has 96 valence electrons. The van der Waals surface area contributed by atoms with Gasteiger partial charge in [-0.1, -0.05) is 6.92 Å². The van der Waals surface area contributed by atoms with Crippen LogP contribution >= 0.6 is 0 Å². The van der Waals surface area contributed by atoms with Crippen molar-refractivity contribution in [3.05, 3.63) is 0 Å². The van der Waals surface area contributed by atoms with Crippen LogP contribution in [0.5, 0.6) is 0 Å². The van der Waals surface area contributed by atoms with Crippen LogP contribution < -0.4 is 5.32 Å². The normalized spacial score (nSPS) is 41.6. The van der Waals surface area contributed by atoms with Gasteiger partial charge in [0.05, 0.1) is 0 Å². The van der Waals surface area contributed by atoms with Gasteiger partial charge >= 0.3 is 0 Å². The third-order valence-electron chi connectivity index (χ3n) is 5.00. The lowest BCUT2D eigenvalue weighted by atomic mass is 9.82. The minimum Gasteiger partial charge on any atom is -0.334 e. The summed E-state index contributed by atoms with van der Waals surface area (Å²) in [4.78, 5) is 14.9. The number of fused-ring (bicyclic) bond motifs is 2. The van der Waals surface area contributed by atoms with Crippen LogP contribution in [-0.4, -0.2) is 36.0 Å². The summed E-state index contributed by atoms with van der Waals surface area (Å²) in [5.74, 6) is 1.65. The molecule has 0 spiro atoms. The fourth-order valence-electron chi connectivity index (χ4n) is 3.86. The zero-order valence-electron chi connectivity index (χ0n) is 10.8. The summed E-state index contributed by atoms with van der Waals surface area (Å²) < 4.78 is 0. The van der Waals surface area contributed by atoms with Crippen LogP contribution in [0.25, 0.3) is 0 Å². The minimum absolute atomic E-state index is 0.340. The van der Waals surface area contributed by atoms with Crippen molar-refractivity contribution in [2.24, 2.45) is 11.8 Å². The molecule has 17 heavy (non-hydrogen) atoms.